The highest BCUT2D eigenvalue weighted by Crippen LogP contribution is 2.16. The van der Waals surface area contributed by atoms with Gasteiger partial charge in [-0.05, 0) is 44.5 Å². The van der Waals surface area contributed by atoms with Crippen molar-refractivity contribution in [2.45, 2.75) is 39.1 Å². The van der Waals surface area contributed by atoms with Gasteiger partial charge in [0.25, 0.3) is 0 Å². The molecule has 0 saturated heterocycles. The second kappa shape index (κ2) is 8.03. The van der Waals surface area contributed by atoms with Crippen LogP contribution in [0.5, 0.6) is 0 Å². The van der Waals surface area contributed by atoms with Gasteiger partial charge in [-0.25, -0.2) is 0 Å². The zero-order valence-electron chi connectivity index (χ0n) is 13.3. The standard InChI is InChI=1S/C17H22N2O2S/c1-13(2)19(10-16-7-6-14(3)21-16)17(20)12-22-11-15-5-4-8-18-9-15/h4-9,13H,10-12H2,1-3H3. The molecular weight excluding hydrogens is 296 g/mol. The van der Waals surface area contributed by atoms with Crippen LogP contribution in [0.3, 0.4) is 0 Å². The van der Waals surface area contributed by atoms with Crippen molar-refractivity contribution < 1.29 is 9.21 Å². The number of rotatable bonds is 7. The first-order valence-corrected chi connectivity index (χ1v) is 8.53. The van der Waals surface area contributed by atoms with Crippen molar-refractivity contribution in [2.24, 2.45) is 0 Å². The number of pyridine rings is 1. The fourth-order valence-electron chi connectivity index (χ4n) is 2.12. The fraction of sp³-hybridized carbons (Fsp3) is 0.412. The number of amides is 1. The van der Waals surface area contributed by atoms with Crippen molar-refractivity contribution in [3.63, 3.8) is 0 Å². The number of thioether (sulfide) groups is 1. The van der Waals surface area contributed by atoms with E-state index in [1.807, 2.05) is 56.1 Å². The highest BCUT2D eigenvalue weighted by atomic mass is 32.2. The van der Waals surface area contributed by atoms with Gasteiger partial charge in [-0.15, -0.1) is 11.8 Å². The summed E-state index contributed by atoms with van der Waals surface area (Å²) >= 11 is 1.61. The smallest absolute Gasteiger partial charge is 0.233 e. The van der Waals surface area contributed by atoms with Crippen molar-refractivity contribution in [1.29, 1.82) is 0 Å². The number of nitrogens with zero attached hydrogens (tertiary/aromatic N) is 2. The molecule has 118 valence electrons. The number of hydrogen-bond acceptors (Lipinski definition) is 4. The second-order valence-corrected chi connectivity index (χ2v) is 6.47. The zero-order chi connectivity index (χ0) is 15.9. The van der Waals surface area contributed by atoms with Crippen LogP contribution in [-0.4, -0.2) is 27.6 Å². The molecule has 2 aromatic rings. The van der Waals surface area contributed by atoms with Gasteiger partial charge in [0.1, 0.15) is 11.5 Å². The molecular formula is C17H22N2O2S. The molecule has 0 fully saturated rings. The van der Waals surface area contributed by atoms with Crippen LogP contribution in [0.4, 0.5) is 0 Å². The van der Waals surface area contributed by atoms with Crippen molar-refractivity contribution in [3.8, 4) is 0 Å². The Morgan fingerprint density at radius 2 is 2.18 bits per heavy atom. The van der Waals surface area contributed by atoms with E-state index in [1.54, 1.807) is 18.0 Å². The Kier molecular flexibility index (Phi) is 6.07. The van der Waals surface area contributed by atoms with Crippen LogP contribution >= 0.6 is 11.8 Å². The number of carbonyl (C=O) groups excluding carboxylic acids is 1. The summed E-state index contributed by atoms with van der Waals surface area (Å²) in [5, 5.41) is 0. The van der Waals surface area contributed by atoms with E-state index in [9.17, 15) is 4.79 Å². The minimum atomic E-state index is 0.137. The number of aromatic nitrogens is 1. The van der Waals surface area contributed by atoms with Crippen LogP contribution in [0.25, 0.3) is 0 Å². The maximum atomic E-state index is 12.4. The summed E-state index contributed by atoms with van der Waals surface area (Å²) in [6, 6.07) is 7.95. The Morgan fingerprint density at radius 3 is 2.77 bits per heavy atom. The number of furan rings is 1. The molecule has 22 heavy (non-hydrogen) atoms. The summed E-state index contributed by atoms with van der Waals surface area (Å²) in [5.74, 6) is 3.10. The third kappa shape index (κ3) is 4.91. The van der Waals surface area contributed by atoms with Crippen LogP contribution in [0, 0.1) is 6.92 Å². The van der Waals surface area contributed by atoms with Crippen LogP contribution in [-0.2, 0) is 17.1 Å². The molecule has 1 amide bonds. The topological polar surface area (TPSA) is 46.3 Å². The van der Waals surface area contributed by atoms with Gasteiger partial charge in [0.15, 0.2) is 0 Å². The molecule has 2 rings (SSSR count). The first-order chi connectivity index (χ1) is 10.6. The molecule has 5 heteroatoms. The largest absolute Gasteiger partial charge is 0.464 e. The molecule has 0 aliphatic rings. The minimum absolute atomic E-state index is 0.137. The maximum absolute atomic E-state index is 12.4. The predicted molar refractivity (Wildman–Crippen MR) is 89.5 cm³/mol. The van der Waals surface area contributed by atoms with E-state index in [4.69, 9.17) is 4.42 Å². The van der Waals surface area contributed by atoms with E-state index < -0.39 is 0 Å². The minimum Gasteiger partial charge on any atom is -0.464 e. The second-order valence-electron chi connectivity index (χ2n) is 5.48. The molecule has 2 aromatic heterocycles. The van der Waals surface area contributed by atoms with Crippen molar-refractivity contribution in [1.82, 2.24) is 9.88 Å². The van der Waals surface area contributed by atoms with E-state index >= 15 is 0 Å². The monoisotopic (exact) mass is 318 g/mol. The molecule has 0 bridgehead atoms. The van der Waals surface area contributed by atoms with Gasteiger partial charge in [0.05, 0.1) is 12.3 Å². The molecule has 0 aromatic carbocycles. The molecule has 0 spiro atoms. The summed E-state index contributed by atoms with van der Waals surface area (Å²) in [5.41, 5.74) is 1.14. The van der Waals surface area contributed by atoms with Gasteiger partial charge in [-0.2, -0.15) is 0 Å². The molecule has 0 N–H and O–H groups in total. The molecule has 4 nitrogen and oxygen atoms in total. The van der Waals surface area contributed by atoms with E-state index in [1.165, 1.54) is 0 Å². The highest BCUT2D eigenvalue weighted by Gasteiger charge is 2.18. The Morgan fingerprint density at radius 1 is 1.36 bits per heavy atom. The lowest BCUT2D eigenvalue weighted by molar-refractivity contribution is -0.130. The Balaban J connectivity index is 1.87. The van der Waals surface area contributed by atoms with Crippen molar-refractivity contribution >= 4 is 17.7 Å². The molecule has 0 aliphatic carbocycles. The predicted octanol–water partition coefficient (Wildman–Crippen LogP) is 3.65. The summed E-state index contributed by atoms with van der Waals surface area (Å²) < 4.78 is 5.58. The first-order valence-electron chi connectivity index (χ1n) is 7.37. The summed E-state index contributed by atoms with van der Waals surface area (Å²) in [6.07, 6.45) is 3.59. The van der Waals surface area contributed by atoms with Gasteiger partial charge in [-0.3, -0.25) is 9.78 Å². The lowest BCUT2D eigenvalue weighted by Gasteiger charge is -2.25. The lowest BCUT2D eigenvalue weighted by Crippen LogP contribution is -2.37. The summed E-state index contributed by atoms with van der Waals surface area (Å²) in [7, 11) is 0. The molecule has 0 saturated carbocycles. The van der Waals surface area contributed by atoms with E-state index in [-0.39, 0.29) is 11.9 Å². The van der Waals surface area contributed by atoms with Crippen LogP contribution in [0.1, 0.15) is 30.9 Å². The van der Waals surface area contributed by atoms with Crippen LogP contribution in [0.15, 0.2) is 41.1 Å². The molecule has 0 radical (unpaired) electrons. The van der Waals surface area contributed by atoms with E-state index in [0.717, 1.165) is 22.8 Å². The fourth-order valence-corrected chi connectivity index (χ4v) is 2.97. The Labute approximate surface area is 135 Å². The van der Waals surface area contributed by atoms with Gasteiger partial charge in [-0.1, -0.05) is 6.07 Å². The third-order valence-corrected chi connectivity index (χ3v) is 4.27. The number of carbonyl (C=O) groups is 1. The highest BCUT2D eigenvalue weighted by molar-refractivity contribution is 7.99. The summed E-state index contributed by atoms with van der Waals surface area (Å²) in [4.78, 5) is 18.4. The number of aryl methyl sites for hydroxylation is 1. The van der Waals surface area contributed by atoms with Crippen LogP contribution < -0.4 is 0 Å². The lowest BCUT2D eigenvalue weighted by atomic mass is 10.3. The van der Waals surface area contributed by atoms with Gasteiger partial charge in [0, 0.05) is 24.2 Å². The normalized spacial score (nSPS) is 10.9. The quantitative estimate of drug-likeness (QED) is 0.782. The van der Waals surface area contributed by atoms with Gasteiger partial charge in [0.2, 0.25) is 5.91 Å². The molecule has 0 aliphatic heterocycles. The van der Waals surface area contributed by atoms with E-state index in [2.05, 4.69) is 4.98 Å². The number of hydrogen-bond donors (Lipinski definition) is 0. The van der Waals surface area contributed by atoms with Crippen LogP contribution in [0.2, 0.25) is 0 Å². The maximum Gasteiger partial charge on any atom is 0.233 e. The van der Waals surface area contributed by atoms with Crippen molar-refractivity contribution in [3.05, 3.63) is 53.7 Å². The zero-order valence-corrected chi connectivity index (χ0v) is 14.1. The molecule has 0 atom stereocenters. The SMILES string of the molecule is Cc1ccc(CN(C(=O)CSCc2cccnc2)C(C)C)o1. The van der Waals surface area contributed by atoms with Gasteiger partial charge < -0.3 is 9.32 Å². The Hall–Kier alpha value is -1.75. The molecule has 2 heterocycles. The Bertz CT molecular complexity index is 596. The van der Waals surface area contributed by atoms with E-state index in [0.29, 0.717) is 12.3 Å². The van der Waals surface area contributed by atoms with Crippen molar-refractivity contribution in [2.75, 3.05) is 5.75 Å². The first kappa shape index (κ1) is 16.6. The summed E-state index contributed by atoms with van der Waals surface area (Å²) in [6.45, 7) is 6.49. The average molecular weight is 318 g/mol. The molecule has 0 unspecified atom stereocenters. The van der Waals surface area contributed by atoms with Gasteiger partial charge >= 0.3 is 0 Å². The third-order valence-electron chi connectivity index (χ3n) is 3.28. The average Bonchev–Trinajstić information content (AvgIpc) is 2.91.